The molecule has 0 bridgehead atoms. The molecule has 0 rings (SSSR count). The molecule has 0 aromatic rings. The minimum atomic E-state index is 0.502. The molecule has 1 atom stereocenters. The van der Waals surface area contributed by atoms with E-state index in [9.17, 15) is 0 Å². The highest BCUT2D eigenvalue weighted by Crippen LogP contribution is 2.29. The fourth-order valence-corrected chi connectivity index (χ4v) is 3.44. The van der Waals surface area contributed by atoms with Crippen LogP contribution in [0.2, 0.25) is 0 Å². The van der Waals surface area contributed by atoms with Crippen molar-refractivity contribution in [1.82, 2.24) is 5.32 Å². The van der Waals surface area contributed by atoms with Gasteiger partial charge in [-0.3, -0.25) is 0 Å². The first-order valence-corrected chi connectivity index (χ1v) is 9.75. The van der Waals surface area contributed by atoms with Crippen LogP contribution in [0.4, 0.5) is 0 Å². The highest BCUT2D eigenvalue weighted by atomic mass is 14.9. The molecule has 1 heteroatoms. The Bertz CT molecular complexity index is 210. The van der Waals surface area contributed by atoms with Crippen LogP contribution in [0.15, 0.2) is 0 Å². The standard InChI is InChI=1S/C20H43N/c1-6-8-9-10-11-12-13-14-15-16-17-20(4,5)18-19(3)21-7-2/h19,21H,6-18H2,1-5H3. The van der Waals surface area contributed by atoms with Crippen molar-refractivity contribution in [2.45, 2.75) is 118 Å². The molecule has 0 aromatic heterocycles. The van der Waals surface area contributed by atoms with Gasteiger partial charge in [0.25, 0.3) is 0 Å². The molecule has 0 aliphatic rings. The Kier molecular flexibility index (Phi) is 13.6. The lowest BCUT2D eigenvalue weighted by Gasteiger charge is -2.28. The number of rotatable bonds is 15. The summed E-state index contributed by atoms with van der Waals surface area (Å²) in [6.45, 7) is 12.8. The summed E-state index contributed by atoms with van der Waals surface area (Å²) < 4.78 is 0. The molecule has 1 N–H and O–H groups in total. The summed E-state index contributed by atoms with van der Waals surface area (Å²) >= 11 is 0. The zero-order valence-corrected chi connectivity index (χ0v) is 15.8. The summed E-state index contributed by atoms with van der Waals surface area (Å²) in [5, 5.41) is 3.54. The molecule has 1 unspecified atom stereocenters. The summed E-state index contributed by atoms with van der Waals surface area (Å²) in [6.07, 6.45) is 17.1. The quantitative estimate of drug-likeness (QED) is 0.331. The smallest absolute Gasteiger partial charge is 0.00436 e. The number of nitrogens with one attached hydrogen (secondary N) is 1. The maximum atomic E-state index is 3.54. The maximum Gasteiger partial charge on any atom is 0.00436 e. The van der Waals surface area contributed by atoms with E-state index >= 15 is 0 Å². The second kappa shape index (κ2) is 13.6. The van der Waals surface area contributed by atoms with Crippen molar-refractivity contribution < 1.29 is 0 Å². The van der Waals surface area contributed by atoms with Gasteiger partial charge in [0.1, 0.15) is 0 Å². The second-order valence-electron chi connectivity index (χ2n) is 7.76. The Balaban J connectivity index is 3.40. The molecule has 0 aromatic carbocycles. The van der Waals surface area contributed by atoms with Crippen LogP contribution < -0.4 is 5.32 Å². The number of unbranched alkanes of at least 4 members (excludes halogenated alkanes) is 9. The van der Waals surface area contributed by atoms with Gasteiger partial charge in [-0.25, -0.2) is 0 Å². The molecule has 0 saturated heterocycles. The number of hydrogen-bond acceptors (Lipinski definition) is 1. The average molecular weight is 298 g/mol. The number of hydrogen-bond donors (Lipinski definition) is 1. The predicted molar refractivity (Wildman–Crippen MR) is 98.0 cm³/mol. The van der Waals surface area contributed by atoms with Crippen molar-refractivity contribution in [1.29, 1.82) is 0 Å². The molecule has 0 saturated carbocycles. The van der Waals surface area contributed by atoms with Crippen molar-refractivity contribution in [3.05, 3.63) is 0 Å². The van der Waals surface area contributed by atoms with Gasteiger partial charge in [0.15, 0.2) is 0 Å². The summed E-state index contributed by atoms with van der Waals surface area (Å²) in [6, 6.07) is 0.660. The van der Waals surface area contributed by atoms with Gasteiger partial charge in [0.05, 0.1) is 0 Å². The topological polar surface area (TPSA) is 12.0 Å². The van der Waals surface area contributed by atoms with E-state index in [0.29, 0.717) is 11.5 Å². The van der Waals surface area contributed by atoms with Crippen LogP contribution in [0.5, 0.6) is 0 Å². The third-order valence-corrected chi connectivity index (χ3v) is 4.62. The van der Waals surface area contributed by atoms with Crippen molar-refractivity contribution in [2.75, 3.05) is 6.54 Å². The van der Waals surface area contributed by atoms with Gasteiger partial charge in [-0.15, -0.1) is 0 Å². The highest BCUT2D eigenvalue weighted by Gasteiger charge is 2.19. The SMILES string of the molecule is CCCCCCCCCCCCC(C)(C)CC(C)NCC. The van der Waals surface area contributed by atoms with Crippen LogP contribution >= 0.6 is 0 Å². The van der Waals surface area contributed by atoms with Crippen LogP contribution in [-0.2, 0) is 0 Å². The van der Waals surface area contributed by atoms with Crippen LogP contribution in [-0.4, -0.2) is 12.6 Å². The molecule has 21 heavy (non-hydrogen) atoms. The van der Waals surface area contributed by atoms with E-state index < -0.39 is 0 Å². The molecule has 0 aliphatic heterocycles. The van der Waals surface area contributed by atoms with Crippen molar-refractivity contribution in [2.24, 2.45) is 5.41 Å². The van der Waals surface area contributed by atoms with E-state index in [-0.39, 0.29) is 0 Å². The Hall–Kier alpha value is -0.0400. The summed E-state index contributed by atoms with van der Waals surface area (Å²) in [7, 11) is 0. The largest absolute Gasteiger partial charge is 0.315 e. The lowest BCUT2D eigenvalue weighted by molar-refractivity contribution is 0.260. The summed E-state index contributed by atoms with van der Waals surface area (Å²) in [5.41, 5.74) is 0.502. The molecule has 0 radical (unpaired) electrons. The fourth-order valence-electron chi connectivity index (χ4n) is 3.44. The van der Waals surface area contributed by atoms with Crippen LogP contribution in [0.25, 0.3) is 0 Å². The molecule has 0 amide bonds. The average Bonchev–Trinajstić information content (AvgIpc) is 2.40. The monoisotopic (exact) mass is 297 g/mol. The van der Waals surface area contributed by atoms with E-state index in [4.69, 9.17) is 0 Å². The maximum absolute atomic E-state index is 3.54. The predicted octanol–water partition coefficient (Wildman–Crippen LogP) is 6.71. The van der Waals surface area contributed by atoms with Crippen LogP contribution in [0.3, 0.4) is 0 Å². The molecule has 1 nitrogen and oxygen atoms in total. The van der Waals surface area contributed by atoms with Gasteiger partial charge >= 0.3 is 0 Å². The fraction of sp³-hybridized carbons (Fsp3) is 1.00. The molecule has 128 valence electrons. The molecular formula is C20H43N. The van der Waals surface area contributed by atoms with E-state index in [1.165, 1.54) is 77.0 Å². The van der Waals surface area contributed by atoms with Gasteiger partial charge in [-0.05, 0) is 31.7 Å². The zero-order chi connectivity index (χ0) is 16.0. The Morgan fingerprint density at radius 3 is 1.71 bits per heavy atom. The van der Waals surface area contributed by atoms with E-state index in [1.54, 1.807) is 0 Å². The van der Waals surface area contributed by atoms with E-state index in [0.717, 1.165) is 6.54 Å². The van der Waals surface area contributed by atoms with Crippen molar-refractivity contribution in [3.63, 3.8) is 0 Å². The Morgan fingerprint density at radius 2 is 1.24 bits per heavy atom. The Morgan fingerprint density at radius 1 is 0.762 bits per heavy atom. The highest BCUT2D eigenvalue weighted by molar-refractivity contribution is 4.74. The van der Waals surface area contributed by atoms with Crippen LogP contribution in [0, 0.1) is 5.41 Å². The summed E-state index contributed by atoms with van der Waals surface area (Å²) in [5.74, 6) is 0. The minimum Gasteiger partial charge on any atom is -0.315 e. The van der Waals surface area contributed by atoms with Gasteiger partial charge < -0.3 is 5.32 Å². The van der Waals surface area contributed by atoms with Gasteiger partial charge in [0.2, 0.25) is 0 Å². The third-order valence-electron chi connectivity index (χ3n) is 4.62. The molecule has 0 aliphatic carbocycles. The first-order valence-electron chi connectivity index (χ1n) is 9.75. The zero-order valence-electron chi connectivity index (χ0n) is 15.8. The van der Waals surface area contributed by atoms with Crippen LogP contribution in [0.1, 0.15) is 112 Å². The summed E-state index contributed by atoms with van der Waals surface area (Å²) in [4.78, 5) is 0. The molecular weight excluding hydrogens is 254 g/mol. The van der Waals surface area contributed by atoms with Gasteiger partial charge in [-0.2, -0.15) is 0 Å². The lowest BCUT2D eigenvalue weighted by atomic mass is 9.81. The second-order valence-corrected chi connectivity index (χ2v) is 7.76. The minimum absolute atomic E-state index is 0.502. The van der Waals surface area contributed by atoms with E-state index in [1.807, 2.05) is 0 Å². The van der Waals surface area contributed by atoms with Gasteiger partial charge in [-0.1, -0.05) is 91.9 Å². The van der Waals surface area contributed by atoms with Crippen molar-refractivity contribution >= 4 is 0 Å². The first-order chi connectivity index (χ1) is 10.0. The van der Waals surface area contributed by atoms with Crippen molar-refractivity contribution in [3.8, 4) is 0 Å². The molecule has 0 heterocycles. The first kappa shape index (κ1) is 21.0. The third kappa shape index (κ3) is 14.7. The normalized spacial score (nSPS) is 13.6. The van der Waals surface area contributed by atoms with Gasteiger partial charge in [0, 0.05) is 6.04 Å². The molecule has 0 fully saturated rings. The Labute approximate surface area is 135 Å². The lowest BCUT2D eigenvalue weighted by Crippen LogP contribution is -2.31. The molecule has 0 spiro atoms. The van der Waals surface area contributed by atoms with E-state index in [2.05, 4.69) is 39.9 Å².